The number of H-pyrrole nitrogens is 1. The van der Waals surface area contributed by atoms with Crippen molar-refractivity contribution in [2.45, 2.75) is 25.4 Å². The Kier molecular flexibility index (Phi) is 3.67. The molecule has 0 spiro atoms. The van der Waals surface area contributed by atoms with Crippen molar-refractivity contribution < 1.29 is 13.9 Å². The molecule has 1 aliphatic carbocycles. The number of aromatic nitrogens is 1. The highest BCUT2D eigenvalue weighted by Crippen LogP contribution is 2.40. The highest BCUT2D eigenvalue weighted by molar-refractivity contribution is 5.87. The fourth-order valence-corrected chi connectivity index (χ4v) is 3.37. The third kappa shape index (κ3) is 2.72. The van der Waals surface area contributed by atoms with Crippen molar-refractivity contribution in [2.24, 2.45) is 0 Å². The van der Waals surface area contributed by atoms with E-state index in [4.69, 9.17) is 4.74 Å². The molecule has 1 fully saturated rings. The summed E-state index contributed by atoms with van der Waals surface area (Å²) in [6, 6.07) is 7.42. The van der Waals surface area contributed by atoms with E-state index in [1.54, 1.807) is 18.3 Å². The van der Waals surface area contributed by atoms with Crippen molar-refractivity contribution >= 4 is 17.3 Å². The van der Waals surface area contributed by atoms with E-state index in [1.807, 2.05) is 6.07 Å². The SMILES string of the molecule is COC(=O)c1cc(CN2CCN(C3CC3)c3ccc(F)cc32)c[nH]1. The van der Waals surface area contributed by atoms with E-state index in [1.165, 1.54) is 26.0 Å². The average molecular weight is 329 g/mol. The Morgan fingerprint density at radius 1 is 1.29 bits per heavy atom. The topological polar surface area (TPSA) is 48.6 Å². The molecule has 0 unspecified atom stereocenters. The lowest BCUT2D eigenvalue weighted by Gasteiger charge is -2.39. The molecule has 126 valence electrons. The first kappa shape index (κ1) is 15.1. The molecule has 1 saturated carbocycles. The third-order valence-electron chi connectivity index (χ3n) is 4.71. The number of methoxy groups -OCH3 is 1. The highest BCUT2D eigenvalue weighted by Gasteiger charge is 2.34. The number of aromatic amines is 1. The van der Waals surface area contributed by atoms with Crippen molar-refractivity contribution in [3.63, 3.8) is 0 Å². The Hall–Kier alpha value is -2.50. The van der Waals surface area contributed by atoms with E-state index >= 15 is 0 Å². The van der Waals surface area contributed by atoms with Gasteiger partial charge < -0.3 is 19.5 Å². The number of rotatable bonds is 4. The molecule has 0 atom stereocenters. The van der Waals surface area contributed by atoms with E-state index < -0.39 is 0 Å². The maximum Gasteiger partial charge on any atom is 0.354 e. The number of esters is 1. The van der Waals surface area contributed by atoms with Crippen LogP contribution in [-0.2, 0) is 11.3 Å². The molecule has 2 aromatic rings. The minimum absolute atomic E-state index is 0.222. The van der Waals surface area contributed by atoms with Crippen molar-refractivity contribution in [1.82, 2.24) is 4.98 Å². The molecule has 0 saturated heterocycles. The van der Waals surface area contributed by atoms with Crippen LogP contribution in [0.15, 0.2) is 30.5 Å². The number of carbonyl (C=O) groups is 1. The maximum absolute atomic E-state index is 13.8. The van der Waals surface area contributed by atoms with E-state index in [0.717, 1.165) is 30.0 Å². The number of fused-ring (bicyclic) bond motifs is 1. The van der Waals surface area contributed by atoms with E-state index in [9.17, 15) is 9.18 Å². The molecule has 4 rings (SSSR count). The molecule has 6 heteroatoms. The van der Waals surface area contributed by atoms with Gasteiger partial charge in [0.15, 0.2) is 0 Å². The van der Waals surface area contributed by atoms with Crippen molar-refractivity contribution in [2.75, 3.05) is 30.0 Å². The van der Waals surface area contributed by atoms with Crippen LogP contribution in [0.2, 0.25) is 0 Å². The summed E-state index contributed by atoms with van der Waals surface area (Å²) in [5.74, 6) is -0.605. The second-order valence-corrected chi connectivity index (χ2v) is 6.39. The zero-order valence-electron chi connectivity index (χ0n) is 13.6. The molecule has 1 aromatic carbocycles. The molecule has 1 N–H and O–H groups in total. The summed E-state index contributed by atoms with van der Waals surface area (Å²) in [6.07, 6.45) is 4.24. The number of nitrogens with one attached hydrogen (secondary N) is 1. The summed E-state index contributed by atoms with van der Waals surface area (Å²) in [4.78, 5) is 19.1. The number of nitrogens with zero attached hydrogens (tertiary/aromatic N) is 2. The molecule has 2 heterocycles. The predicted molar refractivity (Wildman–Crippen MR) is 90.0 cm³/mol. The Balaban J connectivity index is 1.59. The molecular weight excluding hydrogens is 309 g/mol. The molecule has 24 heavy (non-hydrogen) atoms. The molecule has 1 aliphatic heterocycles. The highest BCUT2D eigenvalue weighted by atomic mass is 19.1. The zero-order chi connectivity index (χ0) is 16.7. The van der Waals surface area contributed by atoms with Crippen LogP contribution in [0.25, 0.3) is 0 Å². The summed E-state index contributed by atoms with van der Waals surface area (Å²) >= 11 is 0. The molecule has 0 radical (unpaired) electrons. The predicted octanol–water partition coefficient (Wildman–Crippen LogP) is 2.93. The van der Waals surface area contributed by atoms with E-state index in [2.05, 4.69) is 14.8 Å². The van der Waals surface area contributed by atoms with Gasteiger partial charge in [0.1, 0.15) is 11.5 Å². The lowest BCUT2D eigenvalue weighted by Crippen LogP contribution is -2.41. The summed E-state index contributed by atoms with van der Waals surface area (Å²) < 4.78 is 18.5. The Morgan fingerprint density at radius 2 is 2.12 bits per heavy atom. The normalized spacial score (nSPS) is 16.9. The summed E-state index contributed by atoms with van der Waals surface area (Å²) in [5, 5.41) is 0. The van der Waals surface area contributed by atoms with Gasteiger partial charge in [-0.3, -0.25) is 0 Å². The van der Waals surface area contributed by atoms with Gasteiger partial charge in [-0.1, -0.05) is 0 Å². The number of benzene rings is 1. The van der Waals surface area contributed by atoms with Crippen molar-refractivity contribution in [3.8, 4) is 0 Å². The smallest absolute Gasteiger partial charge is 0.354 e. The van der Waals surface area contributed by atoms with Crippen LogP contribution in [0.5, 0.6) is 0 Å². The number of carbonyl (C=O) groups excluding carboxylic acids is 1. The number of hydrogen-bond donors (Lipinski definition) is 1. The van der Waals surface area contributed by atoms with Crippen molar-refractivity contribution in [1.29, 1.82) is 0 Å². The van der Waals surface area contributed by atoms with Gasteiger partial charge >= 0.3 is 5.97 Å². The van der Waals surface area contributed by atoms with Gasteiger partial charge in [-0.15, -0.1) is 0 Å². The van der Waals surface area contributed by atoms with Crippen LogP contribution in [0.1, 0.15) is 28.9 Å². The zero-order valence-corrected chi connectivity index (χ0v) is 13.6. The second kappa shape index (κ2) is 5.85. The second-order valence-electron chi connectivity index (χ2n) is 6.39. The fraction of sp³-hybridized carbons (Fsp3) is 0.389. The number of ether oxygens (including phenoxy) is 1. The van der Waals surface area contributed by atoms with Gasteiger partial charge in [-0.25, -0.2) is 9.18 Å². The van der Waals surface area contributed by atoms with Gasteiger partial charge in [0.05, 0.1) is 18.5 Å². The van der Waals surface area contributed by atoms with Crippen molar-refractivity contribution in [3.05, 3.63) is 47.5 Å². The lowest BCUT2D eigenvalue weighted by molar-refractivity contribution is 0.0595. The Labute approximate surface area is 140 Å². The largest absolute Gasteiger partial charge is 0.464 e. The summed E-state index contributed by atoms with van der Waals surface area (Å²) in [5.41, 5.74) is 3.44. The van der Waals surface area contributed by atoms with Gasteiger partial charge in [0, 0.05) is 31.9 Å². The van der Waals surface area contributed by atoms with E-state index in [-0.39, 0.29) is 11.8 Å². The van der Waals surface area contributed by atoms with Crippen LogP contribution in [-0.4, -0.2) is 37.2 Å². The van der Waals surface area contributed by atoms with Gasteiger partial charge in [0.2, 0.25) is 0 Å². The quantitative estimate of drug-likeness (QED) is 0.876. The first-order valence-electron chi connectivity index (χ1n) is 8.22. The van der Waals surface area contributed by atoms with Crippen LogP contribution < -0.4 is 9.80 Å². The maximum atomic E-state index is 13.8. The number of halogens is 1. The molecule has 0 bridgehead atoms. The molecule has 1 aromatic heterocycles. The monoisotopic (exact) mass is 329 g/mol. The molecule has 2 aliphatic rings. The third-order valence-corrected chi connectivity index (χ3v) is 4.71. The Morgan fingerprint density at radius 3 is 2.88 bits per heavy atom. The van der Waals surface area contributed by atoms with Crippen LogP contribution in [0, 0.1) is 5.82 Å². The molecular formula is C18H20FN3O2. The molecule has 5 nitrogen and oxygen atoms in total. The van der Waals surface area contributed by atoms with Crippen LogP contribution in [0.3, 0.4) is 0 Å². The van der Waals surface area contributed by atoms with Crippen LogP contribution in [0.4, 0.5) is 15.8 Å². The molecule has 0 amide bonds. The Bertz CT molecular complexity index is 769. The van der Waals surface area contributed by atoms with Gasteiger partial charge in [0.25, 0.3) is 0 Å². The standard InChI is InChI=1S/C18H20FN3O2/c1-24-18(23)15-8-12(10-20-15)11-21-6-7-22(14-3-4-14)16-5-2-13(19)9-17(16)21/h2,5,8-10,14,20H,3-4,6-7,11H2,1H3. The summed E-state index contributed by atoms with van der Waals surface area (Å²) in [7, 11) is 1.36. The minimum atomic E-state index is -0.383. The fourth-order valence-electron chi connectivity index (χ4n) is 3.37. The number of anilines is 2. The van der Waals surface area contributed by atoms with Crippen LogP contribution >= 0.6 is 0 Å². The first-order valence-corrected chi connectivity index (χ1v) is 8.22. The van der Waals surface area contributed by atoms with Gasteiger partial charge in [-0.05, 0) is 42.7 Å². The van der Waals surface area contributed by atoms with Gasteiger partial charge in [-0.2, -0.15) is 0 Å². The summed E-state index contributed by atoms with van der Waals surface area (Å²) in [6.45, 7) is 2.41. The first-order chi connectivity index (χ1) is 11.7. The van der Waals surface area contributed by atoms with E-state index in [0.29, 0.717) is 18.3 Å². The number of hydrogen-bond acceptors (Lipinski definition) is 4. The average Bonchev–Trinajstić information content (AvgIpc) is 3.33. The lowest BCUT2D eigenvalue weighted by atomic mass is 10.1. The minimum Gasteiger partial charge on any atom is -0.464 e.